The SMILES string of the molecule is N#CC1(C(O)c2ccc(F)c(F)c2)Cc2ccccc2C1. The molecule has 1 aliphatic rings. The normalized spacial score (nSPS) is 17.0. The van der Waals surface area contributed by atoms with E-state index in [0.29, 0.717) is 12.8 Å². The Morgan fingerprint density at radius 3 is 2.19 bits per heavy atom. The summed E-state index contributed by atoms with van der Waals surface area (Å²) in [5, 5.41) is 20.1. The molecule has 1 aliphatic carbocycles. The van der Waals surface area contributed by atoms with E-state index < -0.39 is 23.2 Å². The van der Waals surface area contributed by atoms with Gasteiger partial charge < -0.3 is 5.11 Å². The second-order valence-electron chi connectivity index (χ2n) is 5.47. The van der Waals surface area contributed by atoms with Crippen molar-refractivity contribution < 1.29 is 13.9 Å². The maximum Gasteiger partial charge on any atom is 0.159 e. The highest BCUT2D eigenvalue weighted by atomic mass is 19.2. The van der Waals surface area contributed by atoms with Gasteiger partial charge in [0.05, 0.1) is 17.6 Å². The molecule has 1 unspecified atom stereocenters. The lowest BCUT2D eigenvalue weighted by atomic mass is 9.77. The van der Waals surface area contributed by atoms with Gasteiger partial charge in [0.15, 0.2) is 11.6 Å². The topological polar surface area (TPSA) is 44.0 Å². The quantitative estimate of drug-likeness (QED) is 0.920. The number of hydrogen-bond donors (Lipinski definition) is 1. The molecule has 2 nitrogen and oxygen atoms in total. The van der Waals surface area contributed by atoms with Gasteiger partial charge in [0, 0.05) is 0 Å². The molecule has 0 radical (unpaired) electrons. The van der Waals surface area contributed by atoms with Crippen molar-refractivity contribution in [1.29, 1.82) is 5.26 Å². The Hall–Kier alpha value is -2.25. The number of nitrogens with zero attached hydrogens (tertiary/aromatic N) is 1. The van der Waals surface area contributed by atoms with E-state index in [9.17, 15) is 19.1 Å². The zero-order valence-electron chi connectivity index (χ0n) is 11.2. The predicted octanol–water partition coefficient (Wildman–Crippen LogP) is 3.31. The van der Waals surface area contributed by atoms with Crippen molar-refractivity contribution in [3.63, 3.8) is 0 Å². The summed E-state index contributed by atoms with van der Waals surface area (Å²) in [5.74, 6) is -1.98. The van der Waals surface area contributed by atoms with Gasteiger partial charge in [0.1, 0.15) is 0 Å². The smallest absolute Gasteiger partial charge is 0.159 e. The fourth-order valence-corrected chi connectivity index (χ4v) is 2.98. The first-order chi connectivity index (χ1) is 10.1. The molecule has 0 saturated carbocycles. The van der Waals surface area contributed by atoms with Crippen molar-refractivity contribution in [3.8, 4) is 6.07 Å². The summed E-state index contributed by atoms with van der Waals surface area (Å²) in [6.07, 6.45) is -0.357. The summed E-state index contributed by atoms with van der Waals surface area (Å²) in [4.78, 5) is 0. The standard InChI is InChI=1S/C17H13F2NO/c18-14-6-5-11(7-15(14)19)16(21)17(10-20)8-12-3-1-2-4-13(12)9-17/h1-7,16,21H,8-9H2. The molecule has 2 aromatic rings. The van der Waals surface area contributed by atoms with Gasteiger partial charge >= 0.3 is 0 Å². The van der Waals surface area contributed by atoms with Crippen molar-refractivity contribution in [2.45, 2.75) is 18.9 Å². The van der Waals surface area contributed by atoms with Crippen LogP contribution in [0.15, 0.2) is 42.5 Å². The molecule has 0 amide bonds. The Morgan fingerprint density at radius 1 is 1.05 bits per heavy atom. The summed E-state index contributed by atoms with van der Waals surface area (Å²) in [6.45, 7) is 0. The van der Waals surface area contributed by atoms with Crippen LogP contribution in [0.2, 0.25) is 0 Å². The molecule has 2 aromatic carbocycles. The number of aliphatic hydroxyl groups excluding tert-OH is 1. The molecule has 0 aliphatic heterocycles. The Balaban J connectivity index is 1.98. The number of halogens is 2. The molecule has 1 N–H and O–H groups in total. The molecule has 0 saturated heterocycles. The van der Waals surface area contributed by atoms with E-state index in [1.807, 2.05) is 24.3 Å². The molecule has 0 aromatic heterocycles. The minimum atomic E-state index is -1.16. The fourth-order valence-electron chi connectivity index (χ4n) is 2.98. The van der Waals surface area contributed by atoms with Gasteiger partial charge in [-0.15, -0.1) is 0 Å². The van der Waals surface area contributed by atoms with E-state index >= 15 is 0 Å². The van der Waals surface area contributed by atoms with Gasteiger partial charge in [-0.2, -0.15) is 5.26 Å². The molecule has 0 heterocycles. The monoisotopic (exact) mass is 285 g/mol. The first kappa shape index (κ1) is 13.7. The van der Waals surface area contributed by atoms with E-state index in [0.717, 1.165) is 23.3 Å². The summed E-state index contributed by atoms with van der Waals surface area (Å²) in [6, 6.07) is 13.1. The predicted molar refractivity (Wildman–Crippen MR) is 73.2 cm³/mol. The Bertz CT molecular complexity index is 711. The van der Waals surface area contributed by atoms with E-state index in [1.165, 1.54) is 6.07 Å². The van der Waals surface area contributed by atoms with Crippen LogP contribution in [0.25, 0.3) is 0 Å². The van der Waals surface area contributed by atoms with Crippen molar-refractivity contribution in [1.82, 2.24) is 0 Å². The van der Waals surface area contributed by atoms with Crippen LogP contribution >= 0.6 is 0 Å². The van der Waals surface area contributed by atoms with Crippen molar-refractivity contribution in [2.24, 2.45) is 5.41 Å². The highest BCUT2D eigenvalue weighted by molar-refractivity contribution is 5.39. The van der Waals surface area contributed by atoms with Crippen LogP contribution in [0, 0.1) is 28.4 Å². The maximum absolute atomic E-state index is 13.3. The molecular weight excluding hydrogens is 272 g/mol. The minimum absolute atomic E-state index is 0.225. The molecule has 0 spiro atoms. The van der Waals surface area contributed by atoms with Gasteiger partial charge in [-0.1, -0.05) is 30.3 Å². The Morgan fingerprint density at radius 2 is 1.67 bits per heavy atom. The van der Waals surface area contributed by atoms with Gasteiger partial charge in [-0.05, 0) is 41.7 Å². The molecule has 4 heteroatoms. The van der Waals surface area contributed by atoms with Crippen molar-refractivity contribution in [2.75, 3.05) is 0 Å². The average molecular weight is 285 g/mol. The summed E-state index contributed by atoms with van der Waals surface area (Å²) < 4.78 is 26.4. The van der Waals surface area contributed by atoms with Crippen molar-refractivity contribution in [3.05, 3.63) is 70.8 Å². The van der Waals surface area contributed by atoms with Crippen molar-refractivity contribution >= 4 is 0 Å². The molecule has 106 valence electrons. The first-order valence-electron chi connectivity index (χ1n) is 6.67. The molecule has 0 bridgehead atoms. The van der Waals surface area contributed by atoms with Crippen LogP contribution in [0.1, 0.15) is 22.8 Å². The van der Waals surface area contributed by atoms with Crippen LogP contribution in [0.5, 0.6) is 0 Å². The lowest BCUT2D eigenvalue weighted by Gasteiger charge is -2.27. The first-order valence-corrected chi connectivity index (χ1v) is 6.67. The summed E-state index contributed by atoms with van der Waals surface area (Å²) >= 11 is 0. The zero-order chi connectivity index (χ0) is 15.0. The van der Waals surface area contributed by atoms with Gasteiger partial charge in [-0.3, -0.25) is 0 Å². The molecular formula is C17H13F2NO. The van der Waals surface area contributed by atoms with E-state index in [2.05, 4.69) is 6.07 Å². The lowest BCUT2D eigenvalue weighted by Crippen LogP contribution is -2.28. The van der Waals surface area contributed by atoms with Gasteiger partial charge in [-0.25, -0.2) is 8.78 Å². The minimum Gasteiger partial charge on any atom is -0.387 e. The van der Waals surface area contributed by atoms with Gasteiger partial charge in [0.2, 0.25) is 0 Å². The Labute approximate surface area is 121 Å². The van der Waals surface area contributed by atoms with E-state index in [-0.39, 0.29) is 5.56 Å². The summed E-state index contributed by atoms with van der Waals surface area (Å²) in [5.41, 5.74) is 1.22. The molecule has 3 rings (SSSR count). The number of fused-ring (bicyclic) bond motifs is 1. The third-order valence-corrected chi connectivity index (χ3v) is 4.14. The Kier molecular flexibility index (Phi) is 3.23. The van der Waals surface area contributed by atoms with Crippen LogP contribution in [-0.2, 0) is 12.8 Å². The van der Waals surface area contributed by atoms with Gasteiger partial charge in [0.25, 0.3) is 0 Å². The lowest BCUT2D eigenvalue weighted by molar-refractivity contribution is 0.0690. The molecule has 1 atom stereocenters. The summed E-state index contributed by atoms with van der Waals surface area (Å²) in [7, 11) is 0. The number of aliphatic hydroxyl groups is 1. The largest absolute Gasteiger partial charge is 0.387 e. The van der Waals surface area contributed by atoms with Crippen LogP contribution < -0.4 is 0 Å². The highest BCUT2D eigenvalue weighted by Gasteiger charge is 2.44. The second-order valence-corrected chi connectivity index (χ2v) is 5.47. The molecule has 21 heavy (non-hydrogen) atoms. The van der Waals surface area contributed by atoms with E-state index in [4.69, 9.17) is 0 Å². The number of benzene rings is 2. The third kappa shape index (κ3) is 2.20. The zero-order valence-corrected chi connectivity index (χ0v) is 11.2. The number of hydrogen-bond acceptors (Lipinski definition) is 2. The van der Waals surface area contributed by atoms with E-state index in [1.54, 1.807) is 0 Å². The fraction of sp³-hybridized carbons (Fsp3) is 0.235. The van der Waals surface area contributed by atoms with Crippen LogP contribution in [-0.4, -0.2) is 5.11 Å². The number of nitriles is 1. The molecule has 0 fully saturated rings. The second kappa shape index (κ2) is 4.94. The number of rotatable bonds is 2. The third-order valence-electron chi connectivity index (χ3n) is 4.14. The average Bonchev–Trinajstić information content (AvgIpc) is 2.89. The maximum atomic E-state index is 13.3. The highest BCUT2D eigenvalue weighted by Crippen LogP contribution is 2.45. The van der Waals surface area contributed by atoms with Crippen LogP contribution in [0.4, 0.5) is 8.78 Å². The van der Waals surface area contributed by atoms with Crippen LogP contribution in [0.3, 0.4) is 0 Å².